The lowest BCUT2D eigenvalue weighted by Crippen LogP contribution is -1.76. The first kappa shape index (κ1) is 9.25. The van der Waals surface area contributed by atoms with Gasteiger partial charge < -0.3 is 0 Å². The molecule has 0 saturated heterocycles. The first-order chi connectivity index (χ1) is 8.25. The molecule has 0 aliphatic carbocycles. The molecule has 0 N–H and O–H groups in total. The maximum absolute atomic E-state index is 11.5. The van der Waals surface area contributed by atoms with Crippen LogP contribution in [-0.4, -0.2) is 0 Å². The van der Waals surface area contributed by atoms with Crippen LogP contribution in [0.15, 0.2) is 52.2 Å². The molecule has 0 radical (unpaired) electrons. The molecule has 0 aliphatic heterocycles. The summed E-state index contributed by atoms with van der Waals surface area (Å²) in [5, 5.41) is 6.17. The maximum atomic E-state index is 11.5. The van der Waals surface area contributed by atoms with Crippen LogP contribution < -0.4 is 5.43 Å². The van der Waals surface area contributed by atoms with E-state index in [0.29, 0.717) is 0 Å². The molecule has 0 amide bonds. The molecule has 2 heteroatoms. The van der Waals surface area contributed by atoms with Gasteiger partial charge in [-0.05, 0) is 39.7 Å². The number of hydrogen-bond donors (Lipinski definition) is 1. The van der Waals surface area contributed by atoms with E-state index in [4.69, 9.17) is 0 Å². The lowest BCUT2D eigenvalue weighted by atomic mass is 10.0. The molecule has 0 heterocycles. The van der Waals surface area contributed by atoms with E-state index in [1.54, 1.807) is 0 Å². The predicted molar refractivity (Wildman–Crippen MR) is 74.9 cm³/mol. The van der Waals surface area contributed by atoms with Gasteiger partial charge >= 0.3 is 0 Å². The van der Waals surface area contributed by atoms with Gasteiger partial charge in [0, 0.05) is 15.7 Å². The fraction of sp³-hybridized carbons (Fsp3) is 0. The number of fused-ring (bicyclic) bond motifs is 3. The van der Waals surface area contributed by atoms with Gasteiger partial charge in [0.15, 0.2) is 5.43 Å². The fourth-order valence-electron chi connectivity index (χ4n) is 2.43. The van der Waals surface area contributed by atoms with Gasteiger partial charge in [0.05, 0.1) is 0 Å². The number of benzene rings is 3. The molecule has 17 heavy (non-hydrogen) atoms. The summed E-state index contributed by atoms with van der Waals surface area (Å²) in [5.41, 5.74) is 0.148. The Morgan fingerprint density at radius 3 is 2.24 bits per heavy atom. The molecule has 4 aromatic carbocycles. The van der Waals surface area contributed by atoms with Crippen molar-refractivity contribution in [1.82, 2.24) is 0 Å². The van der Waals surface area contributed by atoms with Gasteiger partial charge in [0.2, 0.25) is 0 Å². The molecule has 4 aromatic rings. The Balaban J connectivity index is 2.29. The summed E-state index contributed by atoms with van der Waals surface area (Å²) in [6.45, 7) is 0. The highest BCUT2D eigenvalue weighted by Crippen LogP contribution is 2.34. The van der Waals surface area contributed by atoms with Gasteiger partial charge in [-0.15, -0.1) is 12.6 Å². The molecule has 1 nitrogen and oxygen atoms in total. The summed E-state index contributed by atoms with van der Waals surface area (Å²) >= 11 is 4.48. The van der Waals surface area contributed by atoms with E-state index < -0.39 is 0 Å². The first-order valence-corrected chi connectivity index (χ1v) is 5.93. The van der Waals surface area contributed by atoms with Crippen molar-refractivity contribution >= 4 is 44.9 Å². The van der Waals surface area contributed by atoms with E-state index in [9.17, 15) is 4.79 Å². The van der Waals surface area contributed by atoms with Crippen LogP contribution in [0.3, 0.4) is 0 Å². The Labute approximate surface area is 103 Å². The van der Waals surface area contributed by atoms with Crippen LogP contribution in [0.1, 0.15) is 0 Å². The van der Waals surface area contributed by atoms with Crippen molar-refractivity contribution in [3.63, 3.8) is 0 Å². The van der Waals surface area contributed by atoms with Gasteiger partial charge in [0.25, 0.3) is 0 Å². The third kappa shape index (κ3) is 1.13. The van der Waals surface area contributed by atoms with Crippen molar-refractivity contribution in [3.8, 4) is 0 Å². The molecule has 0 fully saturated rings. The van der Waals surface area contributed by atoms with E-state index in [1.165, 1.54) is 10.8 Å². The number of rotatable bonds is 0. The zero-order valence-corrected chi connectivity index (χ0v) is 9.79. The van der Waals surface area contributed by atoms with Crippen LogP contribution in [0.5, 0.6) is 0 Å². The minimum Gasteiger partial charge on any atom is -0.289 e. The second-order valence-electron chi connectivity index (χ2n) is 4.40. The van der Waals surface area contributed by atoms with Gasteiger partial charge in [-0.3, -0.25) is 4.79 Å². The minimum absolute atomic E-state index is 0.148. The Kier molecular flexibility index (Phi) is 1.58. The maximum Gasteiger partial charge on any atom is 0.195 e. The minimum atomic E-state index is 0.148. The molecule has 4 rings (SSSR count). The second-order valence-corrected chi connectivity index (χ2v) is 4.84. The van der Waals surface area contributed by atoms with E-state index in [0.717, 1.165) is 26.4 Å². The largest absolute Gasteiger partial charge is 0.289 e. The average molecular weight is 236 g/mol. The zero-order valence-electron chi connectivity index (χ0n) is 8.90. The molecule has 0 atom stereocenters. The summed E-state index contributed by atoms with van der Waals surface area (Å²) in [4.78, 5) is 12.3. The highest BCUT2D eigenvalue weighted by atomic mass is 32.1. The van der Waals surface area contributed by atoms with Gasteiger partial charge in [-0.25, -0.2) is 0 Å². The third-order valence-corrected chi connectivity index (χ3v) is 3.85. The smallest absolute Gasteiger partial charge is 0.195 e. The fourth-order valence-corrected chi connectivity index (χ4v) is 2.84. The second kappa shape index (κ2) is 2.90. The average Bonchev–Trinajstić information content (AvgIpc) is 2.99. The van der Waals surface area contributed by atoms with E-state index in [2.05, 4.69) is 36.9 Å². The summed E-state index contributed by atoms with van der Waals surface area (Å²) in [6.07, 6.45) is 0. The lowest BCUT2D eigenvalue weighted by molar-refractivity contribution is 1.71. The summed E-state index contributed by atoms with van der Waals surface area (Å²) < 4.78 is 0. The van der Waals surface area contributed by atoms with E-state index in [-0.39, 0.29) is 5.43 Å². The Hall–Kier alpha value is -1.80. The molecule has 80 valence electrons. The molecule has 0 bridgehead atoms. The van der Waals surface area contributed by atoms with Gasteiger partial charge in [-0.1, -0.05) is 24.3 Å². The molecular formula is C15H8OS. The normalized spacial score (nSPS) is 12.1. The van der Waals surface area contributed by atoms with Crippen LogP contribution in [0, 0.1) is 0 Å². The summed E-state index contributed by atoms with van der Waals surface area (Å²) in [6, 6.07) is 14.4. The Morgan fingerprint density at radius 1 is 0.824 bits per heavy atom. The van der Waals surface area contributed by atoms with Crippen LogP contribution in [0.4, 0.5) is 0 Å². The molecule has 0 spiro atoms. The predicted octanol–water partition coefficient (Wildman–Crippen LogP) is 3.67. The van der Waals surface area contributed by atoms with Crippen molar-refractivity contribution in [2.75, 3.05) is 0 Å². The highest BCUT2D eigenvalue weighted by Gasteiger charge is 2.18. The molecule has 0 saturated carbocycles. The van der Waals surface area contributed by atoms with E-state index >= 15 is 0 Å². The SMILES string of the molecule is O=c1c2cc3cc4ccccc4cc3c(S)c12. The van der Waals surface area contributed by atoms with Crippen molar-refractivity contribution in [2.45, 2.75) is 4.90 Å². The van der Waals surface area contributed by atoms with Crippen LogP contribution in [-0.2, 0) is 0 Å². The molecule has 0 aromatic heterocycles. The first-order valence-electron chi connectivity index (χ1n) is 5.49. The number of thiol groups is 1. The molecular weight excluding hydrogens is 228 g/mol. The lowest BCUT2D eigenvalue weighted by Gasteiger charge is -2.03. The monoisotopic (exact) mass is 236 g/mol. The van der Waals surface area contributed by atoms with Crippen molar-refractivity contribution in [2.24, 2.45) is 0 Å². The van der Waals surface area contributed by atoms with Gasteiger partial charge in [-0.2, -0.15) is 0 Å². The van der Waals surface area contributed by atoms with Gasteiger partial charge in [0.1, 0.15) is 0 Å². The molecule has 0 unspecified atom stereocenters. The number of hydrogen-bond acceptors (Lipinski definition) is 2. The van der Waals surface area contributed by atoms with Crippen molar-refractivity contribution < 1.29 is 0 Å². The van der Waals surface area contributed by atoms with Crippen LogP contribution in [0.25, 0.3) is 32.3 Å². The van der Waals surface area contributed by atoms with Crippen LogP contribution >= 0.6 is 12.6 Å². The topological polar surface area (TPSA) is 17.1 Å². The van der Waals surface area contributed by atoms with Crippen molar-refractivity contribution in [1.29, 1.82) is 0 Å². The Bertz CT molecular complexity index is 911. The summed E-state index contributed by atoms with van der Waals surface area (Å²) in [5.74, 6) is 0. The third-order valence-electron chi connectivity index (χ3n) is 3.39. The zero-order chi connectivity index (χ0) is 11.6. The van der Waals surface area contributed by atoms with Crippen molar-refractivity contribution in [3.05, 3.63) is 52.7 Å². The Morgan fingerprint density at radius 2 is 1.47 bits per heavy atom. The standard InChI is InChI=1S/C15H8OS/c16-14-12-7-10-5-8-3-1-2-4-9(8)6-11(10)15(17)13(12)14/h1-7,17H. The summed E-state index contributed by atoms with van der Waals surface area (Å²) in [7, 11) is 0. The molecule has 0 aliphatic rings. The van der Waals surface area contributed by atoms with Crippen LogP contribution in [0.2, 0.25) is 0 Å². The quantitative estimate of drug-likeness (QED) is 0.364. The van der Waals surface area contributed by atoms with E-state index in [1.807, 2.05) is 18.2 Å². The highest BCUT2D eigenvalue weighted by molar-refractivity contribution is 7.80.